The lowest BCUT2D eigenvalue weighted by Gasteiger charge is -2.25. The van der Waals surface area contributed by atoms with E-state index in [4.69, 9.17) is 4.74 Å². The van der Waals surface area contributed by atoms with E-state index < -0.39 is 0 Å². The SMILES string of the molecule is Cc1cc2nnn(CC(=O)OC3CCC(C)CC3)c2cc1C. The summed E-state index contributed by atoms with van der Waals surface area (Å²) in [5.41, 5.74) is 4.06. The van der Waals surface area contributed by atoms with Crippen LogP contribution in [0.2, 0.25) is 0 Å². The van der Waals surface area contributed by atoms with Gasteiger partial charge in [0.1, 0.15) is 18.2 Å². The van der Waals surface area contributed by atoms with Crippen molar-refractivity contribution < 1.29 is 9.53 Å². The molecule has 2 aromatic rings. The highest BCUT2D eigenvalue weighted by Crippen LogP contribution is 2.25. The molecular formula is C17H23N3O2. The second-order valence-corrected chi connectivity index (χ2v) is 6.54. The number of carbonyl (C=O) groups excluding carboxylic acids is 1. The van der Waals surface area contributed by atoms with Crippen LogP contribution in [0.5, 0.6) is 0 Å². The minimum Gasteiger partial charge on any atom is -0.461 e. The second-order valence-electron chi connectivity index (χ2n) is 6.54. The van der Waals surface area contributed by atoms with Gasteiger partial charge in [0.15, 0.2) is 0 Å². The lowest BCUT2D eigenvalue weighted by atomic mass is 9.89. The van der Waals surface area contributed by atoms with Gasteiger partial charge in [-0.2, -0.15) is 0 Å². The van der Waals surface area contributed by atoms with Gasteiger partial charge in [-0.1, -0.05) is 12.1 Å². The van der Waals surface area contributed by atoms with Crippen LogP contribution in [0.1, 0.15) is 43.7 Å². The first-order chi connectivity index (χ1) is 10.5. The van der Waals surface area contributed by atoms with Crippen LogP contribution in [0.15, 0.2) is 12.1 Å². The lowest BCUT2D eigenvalue weighted by molar-refractivity contribution is -0.151. The fourth-order valence-corrected chi connectivity index (χ4v) is 3.03. The van der Waals surface area contributed by atoms with Gasteiger partial charge in [0.2, 0.25) is 0 Å². The molecule has 0 radical (unpaired) electrons. The summed E-state index contributed by atoms with van der Waals surface area (Å²) < 4.78 is 7.22. The number of aryl methyl sites for hydroxylation is 2. The van der Waals surface area contributed by atoms with E-state index in [0.29, 0.717) is 0 Å². The molecule has 1 aromatic heterocycles. The number of hydrogen-bond acceptors (Lipinski definition) is 4. The maximum Gasteiger partial charge on any atom is 0.328 e. The topological polar surface area (TPSA) is 57.0 Å². The quantitative estimate of drug-likeness (QED) is 0.817. The number of fused-ring (bicyclic) bond motifs is 1. The second kappa shape index (κ2) is 6.07. The monoisotopic (exact) mass is 301 g/mol. The maximum atomic E-state index is 12.1. The summed E-state index contributed by atoms with van der Waals surface area (Å²) in [6.45, 7) is 6.48. The van der Waals surface area contributed by atoms with Crippen molar-refractivity contribution in [2.75, 3.05) is 0 Å². The molecule has 0 N–H and O–H groups in total. The molecule has 1 heterocycles. The van der Waals surface area contributed by atoms with Gasteiger partial charge < -0.3 is 4.74 Å². The molecule has 0 aliphatic heterocycles. The maximum absolute atomic E-state index is 12.1. The van der Waals surface area contributed by atoms with Crippen molar-refractivity contribution >= 4 is 17.0 Å². The molecule has 1 aromatic carbocycles. The third-order valence-electron chi connectivity index (χ3n) is 4.67. The molecule has 22 heavy (non-hydrogen) atoms. The number of benzene rings is 1. The predicted octanol–water partition coefficient (Wildman–Crippen LogP) is 3.17. The molecule has 0 unspecified atom stereocenters. The molecule has 1 aliphatic rings. The Hall–Kier alpha value is -1.91. The average Bonchev–Trinajstić information content (AvgIpc) is 2.84. The van der Waals surface area contributed by atoms with E-state index in [1.165, 1.54) is 11.1 Å². The van der Waals surface area contributed by atoms with Crippen molar-refractivity contribution in [1.29, 1.82) is 0 Å². The first-order valence-corrected chi connectivity index (χ1v) is 8.03. The fourth-order valence-electron chi connectivity index (χ4n) is 3.03. The molecule has 1 aliphatic carbocycles. The van der Waals surface area contributed by atoms with Crippen LogP contribution in [0, 0.1) is 19.8 Å². The Balaban J connectivity index is 1.68. The average molecular weight is 301 g/mol. The van der Waals surface area contributed by atoms with Crippen molar-refractivity contribution in [2.45, 2.75) is 59.1 Å². The van der Waals surface area contributed by atoms with Gasteiger partial charge in [0, 0.05) is 0 Å². The van der Waals surface area contributed by atoms with E-state index in [-0.39, 0.29) is 18.6 Å². The van der Waals surface area contributed by atoms with Crippen molar-refractivity contribution in [3.05, 3.63) is 23.3 Å². The van der Waals surface area contributed by atoms with E-state index in [0.717, 1.165) is 42.6 Å². The Morgan fingerprint density at radius 3 is 2.64 bits per heavy atom. The zero-order valence-corrected chi connectivity index (χ0v) is 13.5. The summed E-state index contributed by atoms with van der Waals surface area (Å²) >= 11 is 0. The Kier molecular flexibility index (Phi) is 4.14. The van der Waals surface area contributed by atoms with Gasteiger partial charge in [0.05, 0.1) is 5.52 Å². The zero-order chi connectivity index (χ0) is 15.7. The van der Waals surface area contributed by atoms with Gasteiger partial charge in [-0.15, -0.1) is 5.10 Å². The van der Waals surface area contributed by atoms with Crippen molar-refractivity contribution in [1.82, 2.24) is 15.0 Å². The van der Waals surface area contributed by atoms with Gasteiger partial charge >= 0.3 is 5.97 Å². The smallest absolute Gasteiger partial charge is 0.328 e. The number of nitrogens with zero attached hydrogens (tertiary/aromatic N) is 3. The zero-order valence-electron chi connectivity index (χ0n) is 13.5. The Morgan fingerprint density at radius 2 is 1.91 bits per heavy atom. The number of aromatic nitrogens is 3. The van der Waals surface area contributed by atoms with E-state index in [2.05, 4.69) is 17.2 Å². The molecule has 0 saturated heterocycles. The van der Waals surface area contributed by atoms with Crippen LogP contribution < -0.4 is 0 Å². The first kappa shape index (κ1) is 15.0. The number of ether oxygens (including phenoxy) is 1. The van der Waals surface area contributed by atoms with Gasteiger partial charge in [0.25, 0.3) is 0 Å². The molecule has 0 amide bonds. The third-order valence-corrected chi connectivity index (χ3v) is 4.67. The summed E-state index contributed by atoms with van der Waals surface area (Å²) in [6.07, 6.45) is 4.31. The normalized spacial score (nSPS) is 22.0. The highest BCUT2D eigenvalue weighted by atomic mass is 16.5. The van der Waals surface area contributed by atoms with Crippen molar-refractivity contribution in [3.8, 4) is 0 Å². The van der Waals surface area contributed by atoms with E-state index in [9.17, 15) is 4.79 Å². The van der Waals surface area contributed by atoms with Crippen LogP contribution in [0.3, 0.4) is 0 Å². The highest BCUT2D eigenvalue weighted by molar-refractivity contribution is 5.78. The Bertz CT molecular complexity index is 685. The summed E-state index contributed by atoms with van der Waals surface area (Å²) in [6, 6.07) is 4.03. The summed E-state index contributed by atoms with van der Waals surface area (Å²) in [5.74, 6) is 0.532. The summed E-state index contributed by atoms with van der Waals surface area (Å²) in [4.78, 5) is 12.1. The van der Waals surface area contributed by atoms with Crippen LogP contribution in [-0.4, -0.2) is 27.1 Å². The number of esters is 1. The van der Waals surface area contributed by atoms with Gasteiger partial charge in [-0.3, -0.25) is 4.79 Å². The van der Waals surface area contributed by atoms with Crippen molar-refractivity contribution in [2.24, 2.45) is 5.92 Å². The fraction of sp³-hybridized carbons (Fsp3) is 0.588. The summed E-state index contributed by atoms with van der Waals surface area (Å²) in [7, 11) is 0. The number of carbonyl (C=O) groups is 1. The third kappa shape index (κ3) is 3.13. The minimum atomic E-state index is -0.218. The Labute approximate surface area is 130 Å². The van der Waals surface area contributed by atoms with Gasteiger partial charge in [-0.05, 0) is 68.7 Å². The molecule has 5 nitrogen and oxygen atoms in total. The summed E-state index contributed by atoms with van der Waals surface area (Å²) in [5, 5.41) is 8.22. The molecule has 0 atom stereocenters. The molecule has 5 heteroatoms. The molecule has 118 valence electrons. The lowest BCUT2D eigenvalue weighted by Crippen LogP contribution is -2.26. The van der Waals surface area contributed by atoms with E-state index in [1.807, 2.05) is 26.0 Å². The van der Waals surface area contributed by atoms with Gasteiger partial charge in [-0.25, -0.2) is 4.68 Å². The van der Waals surface area contributed by atoms with Crippen LogP contribution in [0.4, 0.5) is 0 Å². The van der Waals surface area contributed by atoms with Crippen LogP contribution in [-0.2, 0) is 16.1 Å². The van der Waals surface area contributed by atoms with Crippen LogP contribution >= 0.6 is 0 Å². The molecule has 0 spiro atoms. The van der Waals surface area contributed by atoms with Crippen molar-refractivity contribution in [3.63, 3.8) is 0 Å². The molecule has 1 fully saturated rings. The largest absolute Gasteiger partial charge is 0.461 e. The predicted molar refractivity (Wildman–Crippen MR) is 84.5 cm³/mol. The van der Waals surface area contributed by atoms with Crippen LogP contribution in [0.25, 0.3) is 11.0 Å². The number of hydrogen-bond donors (Lipinski definition) is 0. The Morgan fingerprint density at radius 1 is 1.23 bits per heavy atom. The van der Waals surface area contributed by atoms with E-state index in [1.54, 1.807) is 4.68 Å². The molecule has 1 saturated carbocycles. The number of rotatable bonds is 3. The molecule has 3 rings (SSSR count). The molecular weight excluding hydrogens is 278 g/mol. The van der Waals surface area contributed by atoms with E-state index >= 15 is 0 Å². The standard InChI is InChI=1S/C17H23N3O2/c1-11-4-6-14(7-5-11)22-17(21)10-20-16-9-13(3)12(2)8-15(16)18-19-20/h8-9,11,14H,4-7,10H2,1-3H3. The highest BCUT2D eigenvalue weighted by Gasteiger charge is 2.22. The first-order valence-electron chi connectivity index (χ1n) is 8.03. The minimum absolute atomic E-state index is 0.0717. The molecule has 0 bridgehead atoms.